The van der Waals surface area contributed by atoms with Crippen LogP contribution >= 0.6 is 0 Å². The fourth-order valence-electron chi connectivity index (χ4n) is 8.17. The number of nitrogens with one attached hydrogen (secondary N) is 4. The highest BCUT2D eigenvalue weighted by atomic mass is 32.2. The van der Waals surface area contributed by atoms with Gasteiger partial charge < -0.3 is 29.9 Å². The molecule has 0 bridgehead atoms. The van der Waals surface area contributed by atoms with Crippen LogP contribution in [0.15, 0.2) is 158 Å². The number of urea groups is 2. The van der Waals surface area contributed by atoms with Crippen molar-refractivity contribution in [2.75, 3.05) is 53.3 Å². The van der Waals surface area contributed by atoms with E-state index in [1.54, 1.807) is 134 Å². The van der Waals surface area contributed by atoms with Gasteiger partial charge in [-0.25, -0.2) is 19.0 Å². The van der Waals surface area contributed by atoms with E-state index in [2.05, 4.69) is 15.4 Å². The number of nitrogens with zero attached hydrogens (tertiary/aromatic N) is 4. The van der Waals surface area contributed by atoms with Crippen LogP contribution in [0, 0.1) is 0 Å². The number of benzene rings is 6. The number of para-hydroxylation sites is 1. The summed E-state index contributed by atoms with van der Waals surface area (Å²) in [7, 11) is -3.25. The Balaban J connectivity index is 1.11. The molecule has 0 radical (unpaired) electrons. The highest BCUT2D eigenvalue weighted by Crippen LogP contribution is 2.29. The lowest BCUT2D eigenvalue weighted by Crippen LogP contribution is -2.55. The van der Waals surface area contributed by atoms with Gasteiger partial charge in [-0.3, -0.25) is 18.2 Å². The number of ether oxygens (including phenoxy) is 2. The standard InChI is InChI=1S/C52H56N8O10S2/c1-57(41-24-28-44(69-3)29-25-41)49(61)46(34-37-15-7-5-8-16-37)53-51(63)55-71(65,66)58(2)43-22-13-19-39(33-43)36-59(42-26-30-45(70-4)31-27-42)50(62)47(35-38-17-9-6-10-18-38)54-52(64)56-72(67,68)60-32-14-21-40-20-11-12-23-48(40)60/h5-13,15-20,22-31,33,46-47H,14,21,32,34-36H2,1-4H3,(H2,53,55,63)(H2,54,56,64)/t46?,47-/m0/s1. The molecule has 0 aliphatic carbocycles. The Hall–Kier alpha value is -8.10. The average molecular weight is 1020 g/mol. The molecule has 0 spiro atoms. The molecule has 1 aliphatic rings. The van der Waals surface area contributed by atoms with Crippen molar-refractivity contribution >= 4 is 67.0 Å². The Morgan fingerprint density at radius 1 is 0.583 bits per heavy atom. The molecule has 6 amide bonds. The van der Waals surface area contributed by atoms with E-state index < -0.39 is 56.4 Å². The molecule has 376 valence electrons. The van der Waals surface area contributed by atoms with Gasteiger partial charge in [0.05, 0.1) is 32.1 Å². The van der Waals surface area contributed by atoms with E-state index in [4.69, 9.17) is 9.47 Å². The number of hydrogen-bond acceptors (Lipinski definition) is 10. The molecule has 1 unspecified atom stereocenters. The minimum Gasteiger partial charge on any atom is -0.497 e. The number of likely N-dealkylation sites (N-methyl/N-ethyl adjacent to an activating group) is 1. The molecule has 2 atom stereocenters. The average Bonchev–Trinajstić information content (AvgIpc) is 3.39. The summed E-state index contributed by atoms with van der Waals surface area (Å²) >= 11 is 0. The summed E-state index contributed by atoms with van der Waals surface area (Å²) in [5, 5.41) is 5.19. The fourth-order valence-corrected chi connectivity index (χ4v) is 10.2. The molecule has 4 N–H and O–H groups in total. The molecule has 0 aromatic heterocycles. The van der Waals surface area contributed by atoms with Crippen LogP contribution in [0.5, 0.6) is 11.5 Å². The van der Waals surface area contributed by atoms with E-state index in [9.17, 15) is 36.0 Å². The number of hydrogen-bond donors (Lipinski definition) is 4. The molecule has 6 aromatic rings. The van der Waals surface area contributed by atoms with Crippen molar-refractivity contribution in [3.05, 3.63) is 180 Å². The zero-order valence-electron chi connectivity index (χ0n) is 40.1. The minimum atomic E-state index is -4.63. The third-order valence-electron chi connectivity index (χ3n) is 12.0. The Morgan fingerprint density at radius 2 is 1.10 bits per heavy atom. The molecule has 7 rings (SSSR count). The van der Waals surface area contributed by atoms with Crippen LogP contribution in [-0.2, 0) is 55.8 Å². The van der Waals surface area contributed by atoms with E-state index in [0.29, 0.717) is 52.5 Å². The predicted octanol–water partition coefficient (Wildman–Crippen LogP) is 6.10. The number of carbonyl (C=O) groups is 4. The van der Waals surface area contributed by atoms with Crippen molar-refractivity contribution in [2.24, 2.45) is 0 Å². The van der Waals surface area contributed by atoms with E-state index in [1.165, 1.54) is 43.2 Å². The van der Waals surface area contributed by atoms with Gasteiger partial charge in [0.25, 0.3) is 0 Å². The molecule has 1 heterocycles. The van der Waals surface area contributed by atoms with Gasteiger partial charge in [-0.05, 0) is 102 Å². The quantitative estimate of drug-likeness (QED) is 0.0732. The molecular formula is C52H56N8O10S2. The van der Waals surface area contributed by atoms with Crippen molar-refractivity contribution in [1.82, 2.24) is 20.1 Å². The Kier molecular flexibility index (Phi) is 16.7. The van der Waals surface area contributed by atoms with Gasteiger partial charge >= 0.3 is 32.5 Å². The molecular weight excluding hydrogens is 961 g/mol. The number of anilines is 4. The molecule has 18 nitrogen and oxygen atoms in total. The number of rotatable bonds is 19. The van der Waals surface area contributed by atoms with Crippen molar-refractivity contribution < 1.29 is 45.5 Å². The third-order valence-corrected chi connectivity index (χ3v) is 14.8. The van der Waals surface area contributed by atoms with E-state index in [-0.39, 0.29) is 31.6 Å². The van der Waals surface area contributed by atoms with Gasteiger partial charge in [0.15, 0.2) is 0 Å². The first-order valence-corrected chi connectivity index (χ1v) is 25.7. The lowest BCUT2D eigenvalue weighted by atomic mass is 10.0. The lowest BCUT2D eigenvalue weighted by molar-refractivity contribution is -0.121. The SMILES string of the molecule is COc1ccc(N(C)C(=O)C(Cc2ccccc2)NC(=O)NS(=O)(=O)N(C)c2cccc(CN(C(=O)[C@H](Cc3ccccc3)NC(=O)NS(=O)(=O)N3CCCc4ccccc43)c3ccc(OC)cc3)c2)cc1. The molecule has 1 aliphatic heterocycles. The normalized spacial score (nSPS) is 13.0. The van der Waals surface area contributed by atoms with Gasteiger partial charge in [0.2, 0.25) is 11.8 Å². The first-order chi connectivity index (χ1) is 34.5. The van der Waals surface area contributed by atoms with E-state index >= 15 is 0 Å². The Labute approximate surface area is 419 Å². The summed E-state index contributed by atoms with van der Waals surface area (Å²) in [5.41, 5.74) is 4.10. The van der Waals surface area contributed by atoms with Crippen LogP contribution < -0.4 is 48.0 Å². The zero-order chi connectivity index (χ0) is 51.4. The Morgan fingerprint density at radius 3 is 1.68 bits per heavy atom. The van der Waals surface area contributed by atoms with Gasteiger partial charge in [-0.1, -0.05) is 91.0 Å². The molecule has 72 heavy (non-hydrogen) atoms. The maximum atomic E-state index is 15.0. The van der Waals surface area contributed by atoms with Crippen LogP contribution in [0.4, 0.5) is 32.3 Å². The third kappa shape index (κ3) is 13.0. The second-order valence-corrected chi connectivity index (χ2v) is 20.1. The summed E-state index contributed by atoms with van der Waals surface area (Å²) < 4.78 is 72.0. The lowest BCUT2D eigenvalue weighted by Gasteiger charge is -2.31. The van der Waals surface area contributed by atoms with Gasteiger partial charge in [-0.2, -0.15) is 16.8 Å². The second kappa shape index (κ2) is 23.2. The van der Waals surface area contributed by atoms with Crippen molar-refractivity contribution in [1.29, 1.82) is 0 Å². The van der Waals surface area contributed by atoms with E-state index in [1.807, 2.05) is 22.9 Å². The van der Waals surface area contributed by atoms with Gasteiger partial charge in [0, 0.05) is 44.9 Å². The number of fused-ring (bicyclic) bond motifs is 1. The molecule has 20 heteroatoms. The summed E-state index contributed by atoms with van der Waals surface area (Å²) in [6, 6.07) is 39.7. The highest BCUT2D eigenvalue weighted by molar-refractivity contribution is 7.91. The van der Waals surface area contributed by atoms with Gasteiger partial charge in [0.1, 0.15) is 23.6 Å². The van der Waals surface area contributed by atoms with Crippen molar-refractivity contribution in [2.45, 2.75) is 44.3 Å². The maximum Gasteiger partial charge on any atom is 0.330 e. The summed E-state index contributed by atoms with van der Waals surface area (Å²) in [6.45, 7) is -0.0145. The molecule has 0 saturated carbocycles. The molecule has 6 aromatic carbocycles. The summed E-state index contributed by atoms with van der Waals surface area (Å²) in [4.78, 5) is 59.0. The van der Waals surface area contributed by atoms with Crippen molar-refractivity contribution in [3.8, 4) is 11.5 Å². The fraction of sp³-hybridized carbons (Fsp3) is 0.231. The summed E-state index contributed by atoms with van der Waals surface area (Å²) in [6.07, 6.45) is 1.24. The first-order valence-electron chi connectivity index (χ1n) is 22.8. The highest BCUT2D eigenvalue weighted by Gasteiger charge is 2.33. The van der Waals surface area contributed by atoms with Crippen LogP contribution in [0.3, 0.4) is 0 Å². The van der Waals surface area contributed by atoms with Crippen LogP contribution in [0.2, 0.25) is 0 Å². The first kappa shape index (κ1) is 51.7. The number of methoxy groups -OCH3 is 2. The smallest absolute Gasteiger partial charge is 0.330 e. The molecule has 0 saturated heterocycles. The topological polar surface area (TPSA) is 216 Å². The number of aryl methyl sites for hydroxylation is 1. The van der Waals surface area contributed by atoms with Crippen molar-refractivity contribution in [3.63, 3.8) is 0 Å². The zero-order valence-corrected chi connectivity index (χ0v) is 41.7. The summed E-state index contributed by atoms with van der Waals surface area (Å²) in [5.74, 6) is -0.0517. The number of carbonyl (C=O) groups excluding carboxylic acids is 4. The van der Waals surface area contributed by atoms with Crippen LogP contribution in [-0.4, -0.2) is 87.7 Å². The maximum absolute atomic E-state index is 15.0. The molecule has 0 fully saturated rings. The van der Waals surface area contributed by atoms with E-state index in [0.717, 1.165) is 19.7 Å². The van der Waals surface area contributed by atoms with Crippen LogP contribution in [0.25, 0.3) is 0 Å². The van der Waals surface area contributed by atoms with Gasteiger partial charge in [-0.15, -0.1) is 0 Å². The second-order valence-electron chi connectivity index (χ2n) is 16.8. The van der Waals surface area contributed by atoms with Crippen LogP contribution in [0.1, 0.15) is 28.7 Å². The predicted molar refractivity (Wildman–Crippen MR) is 277 cm³/mol. The largest absolute Gasteiger partial charge is 0.497 e. The monoisotopic (exact) mass is 1020 g/mol. The number of amides is 6. The Bertz CT molecular complexity index is 3080. The minimum absolute atomic E-state index is 0.0311.